The van der Waals surface area contributed by atoms with Crippen LogP contribution in [0.5, 0.6) is 0 Å². The molecule has 4 nitrogen and oxygen atoms in total. The zero-order valence-electron chi connectivity index (χ0n) is 10.9. The van der Waals surface area contributed by atoms with Gasteiger partial charge >= 0.3 is 0 Å². The predicted octanol–water partition coefficient (Wildman–Crippen LogP) is 1.54. The summed E-state index contributed by atoms with van der Waals surface area (Å²) >= 11 is 0. The van der Waals surface area contributed by atoms with Crippen molar-refractivity contribution in [3.8, 4) is 0 Å². The van der Waals surface area contributed by atoms with Gasteiger partial charge in [0.05, 0.1) is 0 Å². The third-order valence-electron chi connectivity index (χ3n) is 3.11. The summed E-state index contributed by atoms with van der Waals surface area (Å²) in [6, 6.07) is 3.99. The number of halogens is 2. The lowest BCUT2D eigenvalue weighted by molar-refractivity contribution is 0.283. The summed E-state index contributed by atoms with van der Waals surface area (Å²) in [5.41, 5.74) is 0.734. The zero-order chi connectivity index (χ0) is 13.3. The van der Waals surface area contributed by atoms with Gasteiger partial charge in [-0.05, 0) is 31.5 Å². The molecule has 1 saturated heterocycles. The van der Waals surface area contributed by atoms with Gasteiger partial charge in [-0.3, -0.25) is 0 Å². The predicted molar refractivity (Wildman–Crippen MR) is 74.6 cm³/mol. The first-order valence-corrected chi connectivity index (χ1v) is 7.35. The summed E-state index contributed by atoms with van der Waals surface area (Å²) in [7, 11) is -3.75. The highest BCUT2D eigenvalue weighted by molar-refractivity contribution is 7.89. The molecule has 1 heterocycles. The number of rotatable bonds is 2. The Morgan fingerprint density at radius 3 is 2.74 bits per heavy atom. The fourth-order valence-corrected chi connectivity index (χ4v) is 3.90. The summed E-state index contributed by atoms with van der Waals surface area (Å²) in [4.78, 5) is -0.226. The molecule has 19 heavy (non-hydrogen) atoms. The lowest BCUT2D eigenvalue weighted by atomic mass is 10.2. The minimum atomic E-state index is -3.75. The van der Waals surface area contributed by atoms with E-state index in [1.807, 2.05) is 6.92 Å². The highest BCUT2D eigenvalue weighted by Gasteiger charge is 2.32. The molecule has 0 aliphatic carbocycles. The summed E-state index contributed by atoms with van der Waals surface area (Å²) < 4.78 is 39.9. The molecule has 0 saturated carbocycles. The molecule has 0 radical (unpaired) electrons. The number of piperazine rings is 1. The van der Waals surface area contributed by atoms with Crippen LogP contribution in [0.25, 0.3) is 0 Å². The van der Waals surface area contributed by atoms with Gasteiger partial charge in [0.25, 0.3) is 0 Å². The Hall–Kier alpha value is -0.690. The minimum absolute atomic E-state index is 0. The van der Waals surface area contributed by atoms with Crippen molar-refractivity contribution >= 4 is 22.4 Å². The van der Waals surface area contributed by atoms with Crippen LogP contribution in [0, 0.1) is 12.7 Å². The molecule has 108 valence electrons. The molecule has 0 spiro atoms. The topological polar surface area (TPSA) is 49.4 Å². The van der Waals surface area contributed by atoms with Gasteiger partial charge in [-0.25, -0.2) is 12.8 Å². The van der Waals surface area contributed by atoms with Gasteiger partial charge in [-0.1, -0.05) is 6.07 Å². The highest BCUT2D eigenvalue weighted by atomic mass is 35.5. The van der Waals surface area contributed by atoms with Gasteiger partial charge in [0, 0.05) is 25.7 Å². The second-order valence-electron chi connectivity index (χ2n) is 4.60. The van der Waals surface area contributed by atoms with E-state index < -0.39 is 15.8 Å². The number of hydrogen-bond acceptors (Lipinski definition) is 3. The van der Waals surface area contributed by atoms with Crippen LogP contribution in [0.2, 0.25) is 0 Å². The van der Waals surface area contributed by atoms with Crippen molar-refractivity contribution in [2.45, 2.75) is 24.8 Å². The first kappa shape index (κ1) is 16.4. The molecule has 1 fully saturated rings. The molecule has 1 unspecified atom stereocenters. The SMILES string of the molecule is Cc1ccc(F)c(S(=O)(=O)N2CCNCC2C)c1.Cl. The van der Waals surface area contributed by atoms with Crippen molar-refractivity contribution in [1.82, 2.24) is 9.62 Å². The van der Waals surface area contributed by atoms with E-state index in [2.05, 4.69) is 5.32 Å². The molecule has 2 rings (SSSR count). The molecular weight excluding hydrogens is 291 g/mol. The smallest absolute Gasteiger partial charge is 0.246 e. The standard InChI is InChI=1S/C12H17FN2O2S.ClH/c1-9-3-4-11(13)12(7-9)18(16,17)15-6-5-14-8-10(15)2;/h3-4,7,10,14H,5-6,8H2,1-2H3;1H. The first-order valence-electron chi connectivity index (χ1n) is 5.91. The average molecular weight is 309 g/mol. The number of aryl methyl sites for hydroxylation is 1. The lowest BCUT2D eigenvalue weighted by Crippen LogP contribution is -2.52. The molecule has 1 N–H and O–H groups in total. The quantitative estimate of drug-likeness (QED) is 0.901. The largest absolute Gasteiger partial charge is 0.314 e. The van der Waals surface area contributed by atoms with Crippen molar-refractivity contribution < 1.29 is 12.8 Å². The van der Waals surface area contributed by atoms with E-state index in [0.29, 0.717) is 19.6 Å². The van der Waals surface area contributed by atoms with Crippen LogP contribution in [0.4, 0.5) is 4.39 Å². The van der Waals surface area contributed by atoms with E-state index >= 15 is 0 Å². The number of benzene rings is 1. The van der Waals surface area contributed by atoms with Gasteiger partial charge in [-0.2, -0.15) is 4.31 Å². The molecule has 1 atom stereocenters. The van der Waals surface area contributed by atoms with Gasteiger partial charge in [0.15, 0.2) is 0 Å². The van der Waals surface area contributed by atoms with Gasteiger partial charge in [0.1, 0.15) is 10.7 Å². The monoisotopic (exact) mass is 308 g/mol. The molecule has 1 aliphatic rings. The van der Waals surface area contributed by atoms with Crippen LogP contribution < -0.4 is 5.32 Å². The Bertz CT molecular complexity index is 551. The summed E-state index contributed by atoms with van der Waals surface area (Å²) in [6.07, 6.45) is 0. The Balaban J connectivity index is 0.00000180. The third kappa shape index (κ3) is 3.25. The molecule has 1 aliphatic heterocycles. The van der Waals surface area contributed by atoms with E-state index in [-0.39, 0.29) is 23.3 Å². The summed E-state index contributed by atoms with van der Waals surface area (Å²) in [5.74, 6) is -0.689. The second kappa shape index (κ2) is 6.17. The van der Waals surface area contributed by atoms with Crippen LogP contribution in [-0.4, -0.2) is 38.4 Å². The molecule has 1 aromatic carbocycles. The van der Waals surface area contributed by atoms with Crippen molar-refractivity contribution in [3.05, 3.63) is 29.6 Å². The van der Waals surface area contributed by atoms with Gasteiger partial charge in [-0.15, -0.1) is 12.4 Å². The van der Waals surface area contributed by atoms with Crippen molar-refractivity contribution in [1.29, 1.82) is 0 Å². The van der Waals surface area contributed by atoms with E-state index in [1.54, 1.807) is 13.0 Å². The molecule has 1 aromatic rings. The fraction of sp³-hybridized carbons (Fsp3) is 0.500. The third-order valence-corrected chi connectivity index (χ3v) is 5.14. The normalized spacial score (nSPS) is 20.9. The average Bonchev–Trinajstić information content (AvgIpc) is 2.32. The van der Waals surface area contributed by atoms with Crippen LogP contribution in [0.1, 0.15) is 12.5 Å². The van der Waals surface area contributed by atoms with Gasteiger partial charge in [0.2, 0.25) is 10.0 Å². The van der Waals surface area contributed by atoms with Crippen LogP contribution >= 0.6 is 12.4 Å². The van der Waals surface area contributed by atoms with E-state index in [9.17, 15) is 12.8 Å². The maximum absolute atomic E-state index is 13.7. The van der Waals surface area contributed by atoms with Crippen LogP contribution in [0.3, 0.4) is 0 Å². The Labute approximate surface area is 119 Å². The van der Waals surface area contributed by atoms with Gasteiger partial charge < -0.3 is 5.32 Å². The van der Waals surface area contributed by atoms with Crippen molar-refractivity contribution in [2.75, 3.05) is 19.6 Å². The van der Waals surface area contributed by atoms with E-state index in [1.165, 1.54) is 16.4 Å². The Kier molecular flexibility index (Phi) is 5.32. The molecule has 0 amide bonds. The van der Waals surface area contributed by atoms with Crippen LogP contribution in [0.15, 0.2) is 23.1 Å². The lowest BCUT2D eigenvalue weighted by Gasteiger charge is -2.32. The van der Waals surface area contributed by atoms with Crippen LogP contribution in [-0.2, 0) is 10.0 Å². The summed E-state index contributed by atoms with van der Waals surface area (Å²) in [6.45, 7) is 5.12. The number of hydrogen-bond donors (Lipinski definition) is 1. The van der Waals surface area contributed by atoms with Crippen molar-refractivity contribution in [3.63, 3.8) is 0 Å². The zero-order valence-corrected chi connectivity index (χ0v) is 12.5. The number of sulfonamides is 1. The Morgan fingerprint density at radius 2 is 2.11 bits per heavy atom. The fourth-order valence-electron chi connectivity index (χ4n) is 2.11. The minimum Gasteiger partial charge on any atom is -0.314 e. The number of nitrogens with zero attached hydrogens (tertiary/aromatic N) is 1. The summed E-state index contributed by atoms with van der Waals surface area (Å²) in [5, 5.41) is 3.11. The second-order valence-corrected chi connectivity index (χ2v) is 6.46. The maximum Gasteiger partial charge on any atom is 0.246 e. The molecule has 7 heteroatoms. The molecule has 0 aromatic heterocycles. The van der Waals surface area contributed by atoms with E-state index in [4.69, 9.17) is 0 Å². The van der Waals surface area contributed by atoms with Crippen molar-refractivity contribution in [2.24, 2.45) is 0 Å². The molecular formula is C12H18ClFN2O2S. The number of nitrogens with one attached hydrogen (secondary N) is 1. The van der Waals surface area contributed by atoms with E-state index in [0.717, 1.165) is 5.56 Å². The Morgan fingerprint density at radius 1 is 1.42 bits per heavy atom. The first-order chi connectivity index (χ1) is 8.43. The maximum atomic E-state index is 13.7. The highest BCUT2D eigenvalue weighted by Crippen LogP contribution is 2.22. The molecule has 0 bridgehead atoms.